The van der Waals surface area contributed by atoms with E-state index in [4.69, 9.17) is 10.9 Å². The van der Waals surface area contributed by atoms with Crippen LogP contribution in [0.2, 0.25) is 0 Å². The number of carbonyl (C=O) groups is 1. The van der Waals surface area contributed by atoms with Crippen LogP contribution in [-0.2, 0) is 4.79 Å². The summed E-state index contributed by atoms with van der Waals surface area (Å²) in [5.41, 5.74) is 5.22. The number of carbonyl (C=O) groups excluding carboxylic acids is 1. The summed E-state index contributed by atoms with van der Waals surface area (Å²) in [6.45, 7) is 4.17. The minimum Gasteiger partial charge on any atom is -0.409 e. The Morgan fingerprint density at radius 3 is 2.50 bits per heavy atom. The van der Waals surface area contributed by atoms with Crippen molar-refractivity contribution in [2.75, 3.05) is 0 Å². The molecule has 0 aromatic carbocycles. The highest BCUT2D eigenvalue weighted by molar-refractivity contribution is 5.94. The molecule has 0 saturated heterocycles. The van der Waals surface area contributed by atoms with Gasteiger partial charge in [0.05, 0.1) is 0 Å². The molecule has 0 radical (unpaired) electrons. The zero-order valence-corrected chi connectivity index (χ0v) is 12.8. The van der Waals surface area contributed by atoms with E-state index in [0.717, 1.165) is 57.8 Å². The average Bonchev–Trinajstić information content (AvgIpc) is 2.48. The van der Waals surface area contributed by atoms with E-state index in [1.807, 2.05) is 6.92 Å². The number of hydrogen-bond acceptors (Lipinski definition) is 3. The number of amidine groups is 1. The lowest BCUT2D eigenvalue weighted by molar-refractivity contribution is -0.127. The smallest absolute Gasteiger partial charge is 0.223 e. The Balaban J connectivity index is 2.76. The van der Waals surface area contributed by atoms with Crippen molar-refractivity contribution < 1.29 is 10.0 Å². The number of nitrogens with zero attached hydrogens (tertiary/aromatic N) is 1. The fourth-order valence-electron chi connectivity index (χ4n) is 3.01. The molecule has 1 unspecified atom stereocenters. The van der Waals surface area contributed by atoms with Gasteiger partial charge in [0.2, 0.25) is 5.91 Å². The van der Waals surface area contributed by atoms with Gasteiger partial charge in [-0.3, -0.25) is 4.79 Å². The third-order valence-corrected chi connectivity index (χ3v) is 4.44. The number of nitrogens with two attached hydrogens (primary N) is 1. The summed E-state index contributed by atoms with van der Waals surface area (Å²) in [4.78, 5) is 12.5. The van der Waals surface area contributed by atoms with Crippen LogP contribution in [0.3, 0.4) is 0 Å². The van der Waals surface area contributed by atoms with Crippen LogP contribution >= 0.6 is 0 Å². The van der Waals surface area contributed by atoms with Crippen LogP contribution in [0.4, 0.5) is 0 Å². The largest absolute Gasteiger partial charge is 0.409 e. The van der Waals surface area contributed by atoms with Gasteiger partial charge in [0.1, 0.15) is 5.54 Å². The second-order valence-corrected chi connectivity index (χ2v) is 5.86. The Bertz CT molecular complexity index is 336. The minimum atomic E-state index is -0.635. The first-order valence-electron chi connectivity index (χ1n) is 7.89. The van der Waals surface area contributed by atoms with Gasteiger partial charge in [0.25, 0.3) is 0 Å². The van der Waals surface area contributed by atoms with Gasteiger partial charge in [-0.05, 0) is 25.7 Å². The second kappa shape index (κ2) is 8.12. The maximum Gasteiger partial charge on any atom is 0.223 e. The lowest BCUT2D eigenvalue weighted by atomic mass is 9.80. The SMILES string of the molecule is CCCCC(CC)C(=O)NC1(/C(N)=N/O)CCCCC1. The average molecular weight is 283 g/mol. The second-order valence-electron chi connectivity index (χ2n) is 5.86. The number of rotatable bonds is 7. The van der Waals surface area contributed by atoms with Crippen molar-refractivity contribution >= 4 is 11.7 Å². The van der Waals surface area contributed by atoms with E-state index in [0.29, 0.717) is 0 Å². The van der Waals surface area contributed by atoms with Crippen molar-refractivity contribution in [1.82, 2.24) is 5.32 Å². The van der Waals surface area contributed by atoms with Gasteiger partial charge < -0.3 is 16.3 Å². The monoisotopic (exact) mass is 283 g/mol. The third kappa shape index (κ3) is 4.12. The molecule has 1 fully saturated rings. The summed E-state index contributed by atoms with van der Waals surface area (Å²) in [6, 6.07) is 0. The van der Waals surface area contributed by atoms with E-state index >= 15 is 0 Å². The molecule has 1 amide bonds. The van der Waals surface area contributed by atoms with E-state index in [2.05, 4.69) is 17.4 Å². The van der Waals surface area contributed by atoms with Crippen LogP contribution < -0.4 is 11.1 Å². The lowest BCUT2D eigenvalue weighted by Gasteiger charge is -2.37. The van der Waals surface area contributed by atoms with Crippen molar-refractivity contribution in [3.05, 3.63) is 0 Å². The van der Waals surface area contributed by atoms with E-state index in [1.165, 1.54) is 0 Å². The summed E-state index contributed by atoms with van der Waals surface area (Å²) in [5.74, 6) is 0.227. The molecule has 1 saturated carbocycles. The van der Waals surface area contributed by atoms with Crippen LogP contribution in [0.5, 0.6) is 0 Å². The van der Waals surface area contributed by atoms with Crippen LogP contribution in [-0.4, -0.2) is 22.5 Å². The number of unbranched alkanes of at least 4 members (excludes halogenated alkanes) is 1. The zero-order valence-electron chi connectivity index (χ0n) is 12.8. The van der Waals surface area contributed by atoms with Crippen molar-refractivity contribution in [2.45, 2.75) is 77.2 Å². The van der Waals surface area contributed by atoms with Crippen LogP contribution in [0, 0.1) is 5.92 Å². The van der Waals surface area contributed by atoms with Crippen molar-refractivity contribution in [3.8, 4) is 0 Å². The molecule has 116 valence electrons. The molecule has 0 aromatic heterocycles. The third-order valence-electron chi connectivity index (χ3n) is 4.44. The van der Waals surface area contributed by atoms with Gasteiger partial charge in [0.15, 0.2) is 5.84 Å². The molecule has 4 N–H and O–H groups in total. The Kier molecular flexibility index (Phi) is 6.82. The Labute approximate surface area is 122 Å². The Morgan fingerprint density at radius 2 is 2.00 bits per heavy atom. The van der Waals surface area contributed by atoms with Crippen LogP contribution in [0.1, 0.15) is 71.6 Å². The molecule has 0 aliphatic heterocycles. The number of oxime groups is 1. The molecule has 1 aliphatic rings. The van der Waals surface area contributed by atoms with E-state index in [-0.39, 0.29) is 17.7 Å². The van der Waals surface area contributed by atoms with Gasteiger partial charge in [0, 0.05) is 5.92 Å². The van der Waals surface area contributed by atoms with Gasteiger partial charge in [-0.15, -0.1) is 0 Å². The first kappa shape index (κ1) is 16.8. The highest BCUT2D eigenvalue weighted by atomic mass is 16.4. The summed E-state index contributed by atoms with van der Waals surface area (Å²) >= 11 is 0. The lowest BCUT2D eigenvalue weighted by Crippen LogP contribution is -2.59. The first-order valence-corrected chi connectivity index (χ1v) is 7.89. The summed E-state index contributed by atoms with van der Waals surface area (Å²) in [5, 5.41) is 15.3. The predicted molar refractivity (Wildman–Crippen MR) is 80.7 cm³/mol. The molecule has 1 atom stereocenters. The molecule has 5 heteroatoms. The first-order chi connectivity index (χ1) is 9.59. The van der Waals surface area contributed by atoms with Crippen molar-refractivity contribution in [2.24, 2.45) is 16.8 Å². The molecular formula is C15H29N3O2. The molecule has 1 rings (SSSR count). The molecule has 0 aromatic rings. The topological polar surface area (TPSA) is 87.7 Å². The molecular weight excluding hydrogens is 254 g/mol. The summed E-state index contributed by atoms with van der Waals surface area (Å²) in [7, 11) is 0. The molecule has 1 aliphatic carbocycles. The molecule has 5 nitrogen and oxygen atoms in total. The quantitative estimate of drug-likeness (QED) is 0.290. The molecule has 0 bridgehead atoms. The maximum atomic E-state index is 12.5. The molecule has 0 spiro atoms. The molecule has 20 heavy (non-hydrogen) atoms. The van der Waals surface area contributed by atoms with E-state index in [9.17, 15) is 4.79 Å². The highest BCUT2D eigenvalue weighted by Gasteiger charge is 2.39. The van der Waals surface area contributed by atoms with E-state index < -0.39 is 5.54 Å². The number of nitrogens with one attached hydrogen (secondary N) is 1. The zero-order chi connectivity index (χ0) is 15.0. The Hall–Kier alpha value is -1.26. The van der Waals surface area contributed by atoms with Gasteiger partial charge >= 0.3 is 0 Å². The number of hydrogen-bond donors (Lipinski definition) is 3. The van der Waals surface area contributed by atoms with Crippen LogP contribution in [0.25, 0.3) is 0 Å². The fourth-order valence-corrected chi connectivity index (χ4v) is 3.01. The normalized spacial score (nSPS) is 20.4. The predicted octanol–water partition coefficient (Wildman–Crippen LogP) is 2.77. The molecule has 0 heterocycles. The maximum absolute atomic E-state index is 12.5. The van der Waals surface area contributed by atoms with E-state index in [1.54, 1.807) is 0 Å². The van der Waals surface area contributed by atoms with Crippen molar-refractivity contribution in [1.29, 1.82) is 0 Å². The van der Waals surface area contributed by atoms with Gasteiger partial charge in [-0.2, -0.15) is 0 Å². The summed E-state index contributed by atoms with van der Waals surface area (Å²) in [6.07, 6.45) is 8.56. The van der Waals surface area contributed by atoms with Gasteiger partial charge in [-0.25, -0.2) is 0 Å². The minimum absolute atomic E-state index is 0.0280. The standard InChI is InChI=1S/C15H29N3O2/c1-3-5-9-12(4-2)13(19)17-15(14(16)18-20)10-7-6-8-11-15/h12,20H,3-11H2,1-2H3,(H2,16,18)(H,17,19). The Morgan fingerprint density at radius 1 is 1.35 bits per heavy atom. The summed E-state index contributed by atoms with van der Waals surface area (Å²) < 4.78 is 0. The van der Waals surface area contributed by atoms with Crippen molar-refractivity contribution in [3.63, 3.8) is 0 Å². The van der Waals surface area contributed by atoms with Crippen LogP contribution in [0.15, 0.2) is 5.16 Å². The highest BCUT2D eigenvalue weighted by Crippen LogP contribution is 2.29. The number of amides is 1. The van der Waals surface area contributed by atoms with Gasteiger partial charge in [-0.1, -0.05) is 51.1 Å². The fraction of sp³-hybridized carbons (Fsp3) is 0.867.